The van der Waals surface area contributed by atoms with E-state index in [4.69, 9.17) is 11.6 Å². The summed E-state index contributed by atoms with van der Waals surface area (Å²) in [6.07, 6.45) is 2.19. The van der Waals surface area contributed by atoms with Gasteiger partial charge in [0.2, 0.25) is 11.8 Å². The molecule has 1 fully saturated rings. The Balaban J connectivity index is 1.48. The number of rotatable bonds is 4. The number of nitrogens with one attached hydrogen (secondary N) is 1. The van der Waals surface area contributed by atoms with Gasteiger partial charge in [-0.25, -0.2) is 4.98 Å². The van der Waals surface area contributed by atoms with Crippen LogP contribution in [0.15, 0.2) is 47.4 Å². The summed E-state index contributed by atoms with van der Waals surface area (Å²) in [6, 6.07) is 13.2. The third kappa shape index (κ3) is 3.81. The molecule has 1 saturated heterocycles. The number of anilines is 2. The molecule has 0 unspecified atom stereocenters. The lowest BCUT2D eigenvalue weighted by atomic mass is 10.1. The Bertz CT molecular complexity index is 1040. The van der Waals surface area contributed by atoms with Crippen molar-refractivity contribution in [3.05, 3.63) is 47.5 Å². The van der Waals surface area contributed by atoms with Crippen molar-refractivity contribution in [2.24, 2.45) is 5.92 Å². The highest BCUT2D eigenvalue weighted by Gasteiger charge is 2.35. The molecule has 0 aliphatic carbocycles. The molecule has 1 atom stereocenters. The Labute approximate surface area is 169 Å². The fraction of sp³-hybridized carbons (Fsp3) is 0.211. The standard InChI is InChI=1S/C19H16ClN3O2S2/c1-26-14-4-2-3-13(9-14)23-10-11(7-17(23)24)18(25)22-19-21-15-6-5-12(20)8-16(15)27-19/h2-6,8-9,11H,7,10H2,1H3,(H,21,22,25)/t11-/m1/s1. The van der Waals surface area contributed by atoms with E-state index in [2.05, 4.69) is 10.3 Å². The summed E-state index contributed by atoms with van der Waals surface area (Å²) in [6.45, 7) is 0.374. The molecule has 5 nitrogen and oxygen atoms in total. The van der Waals surface area contributed by atoms with E-state index >= 15 is 0 Å². The van der Waals surface area contributed by atoms with Crippen LogP contribution in [0.2, 0.25) is 5.02 Å². The fourth-order valence-corrected chi connectivity index (χ4v) is 4.67. The number of carbonyl (C=O) groups excluding carboxylic acids is 2. The highest BCUT2D eigenvalue weighted by Crippen LogP contribution is 2.31. The molecule has 4 rings (SSSR count). The van der Waals surface area contributed by atoms with Gasteiger partial charge in [-0.3, -0.25) is 9.59 Å². The molecule has 3 aromatic rings. The number of halogens is 1. The van der Waals surface area contributed by atoms with Crippen molar-refractivity contribution in [3.63, 3.8) is 0 Å². The van der Waals surface area contributed by atoms with Gasteiger partial charge in [0.05, 0.1) is 16.1 Å². The molecule has 27 heavy (non-hydrogen) atoms. The lowest BCUT2D eigenvalue weighted by Gasteiger charge is -2.17. The first-order chi connectivity index (χ1) is 13.0. The van der Waals surface area contributed by atoms with Crippen molar-refractivity contribution in [2.75, 3.05) is 23.0 Å². The van der Waals surface area contributed by atoms with E-state index in [1.807, 2.05) is 42.7 Å². The number of thiazole rings is 1. The summed E-state index contributed by atoms with van der Waals surface area (Å²) in [5.41, 5.74) is 1.62. The number of hydrogen-bond donors (Lipinski definition) is 1. The normalized spacial score (nSPS) is 16.9. The van der Waals surface area contributed by atoms with Gasteiger partial charge in [-0.2, -0.15) is 0 Å². The molecule has 1 aromatic heterocycles. The van der Waals surface area contributed by atoms with Gasteiger partial charge in [0, 0.05) is 28.6 Å². The quantitative estimate of drug-likeness (QED) is 0.627. The number of benzene rings is 2. The Morgan fingerprint density at radius 2 is 2.19 bits per heavy atom. The summed E-state index contributed by atoms with van der Waals surface area (Å²) < 4.78 is 0.913. The predicted molar refractivity (Wildman–Crippen MR) is 112 cm³/mol. The van der Waals surface area contributed by atoms with Crippen LogP contribution >= 0.6 is 34.7 Å². The lowest BCUT2D eigenvalue weighted by molar-refractivity contribution is -0.122. The number of nitrogens with zero attached hydrogens (tertiary/aromatic N) is 2. The molecule has 1 N–H and O–H groups in total. The minimum Gasteiger partial charge on any atom is -0.312 e. The zero-order valence-corrected chi connectivity index (χ0v) is 16.8. The monoisotopic (exact) mass is 417 g/mol. The fourth-order valence-electron chi connectivity index (χ4n) is 3.07. The van der Waals surface area contributed by atoms with Crippen molar-refractivity contribution >= 4 is 67.5 Å². The molecule has 8 heteroatoms. The molecular formula is C19H16ClN3O2S2. The molecule has 0 radical (unpaired) electrons. The van der Waals surface area contributed by atoms with Crippen LogP contribution in [0.25, 0.3) is 10.2 Å². The van der Waals surface area contributed by atoms with Gasteiger partial charge in [0.25, 0.3) is 0 Å². The first-order valence-corrected chi connectivity index (χ1v) is 10.8. The molecule has 1 aliphatic heterocycles. The third-order valence-corrected chi connectivity index (χ3v) is 6.34. The first-order valence-electron chi connectivity index (χ1n) is 8.35. The maximum atomic E-state index is 12.7. The maximum absolute atomic E-state index is 12.7. The third-order valence-electron chi connectivity index (χ3n) is 4.44. The largest absolute Gasteiger partial charge is 0.312 e. The van der Waals surface area contributed by atoms with Crippen LogP contribution in [0, 0.1) is 5.92 Å². The molecular weight excluding hydrogens is 402 g/mol. The van der Waals surface area contributed by atoms with E-state index in [-0.39, 0.29) is 18.2 Å². The van der Waals surface area contributed by atoms with Gasteiger partial charge in [-0.1, -0.05) is 29.0 Å². The predicted octanol–water partition coefficient (Wildman–Crippen LogP) is 4.66. The zero-order chi connectivity index (χ0) is 19.0. The topological polar surface area (TPSA) is 62.3 Å². The molecule has 0 saturated carbocycles. The number of thioether (sulfide) groups is 1. The molecule has 2 heterocycles. The molecule has 2 aromatic carbocycles. The minimum atomic E-state index is -0.397. The molecule has 0 spiro atoms. The van der Waals surface area contributed by atoms with Crippen LogP contribution in [0.3, 0.4) is 0 Å². The van der Waals surface area contributed by atoms with Crippen molar-refractivity contribution in [1.82, 2.24) is 4.98 Å². The van der Waals surface area contributed by atoms with Crippen molar-refractivity contribution in [3.8, 4) is 0 Å². The second kappa shape index (κ2) is 7.50. The molecule has 138 valence electrons. The van der Waals surface area contributed by atoms with Crippen molar-refractivity contribution in [2.45, 2.75) is 11.3 Å². The highest BCUT2D eigenvalue weighted by atomic mass is 35.5. The Morgan fingerprint density at radius 1 is 1.33 bits per heavy atom. The van der Waals surface area contributed by atoms with Crippen LogP contribution in [0.5, 0.6) is 0 Å². The Kier molecular flexibility index (Phi) is 5.08. The number of aromatic nitrogens is 1. The minimum absolute atomic E-state index is 0.0375. The van der Waals surface area contributed by atoms with E-state index < -0.39 is 5.92 Å². The SMILES string of the molecule is CSc1cccc(N2C[C@H](C(=O)Nc3nc4ccc(Cl)cc4s3)CC2=O)c1. The molecule has 0 bridgehead atoms. The van der Waals surface area contributed by atoms with Crippen LogP contribution in [-0.4, -0.2) is 29.6 Å². The number of carbonyl (C=O) groups is 2. The summed E-state index contributed by atoms with van der Waals surface area (Å²) in [5, 5.41) is 4.00. The van der Waals surface area contributed by atoms with Crippen LogP contribution in [-0.2, 0) is 9.59 Å². The highest BCUT2D eigenvalue weighted by molar-refractivity contribution is 7.98. The van der Waals surface area contributed by atoms with Gasteiger partial charge in [0.1, 0.15) is 0 Å². The first kappa shape index (κ1) is 18.3. The smallest absolute Gasteiger partial charge is 0.231 e. The van der Waals surface area contributed by atoms with E-state index in [0.29, 0.717) is 16.7 Å². The van der Waals surface area contributed by atoms with Crippen molar-refractivity contribution < 1.29 is 9.59 Å². The van der Waals surface area contributed by atoms with Crippen LogP contribution in [0.4, 0.5) is 10.8 Å². The van der Waals surface area contributed by atoms with Gasteiger partial charge >= 0.3 is 0 Å². The second-order valence-corrected chi connectivity index (χ2v) is 8.57. The average molecular weight is 418 g/mol. The average Bonchev–Trinajstić information content (AvgIpc) is 3.24. The number of amides is 2. The number of fused-ring (bicyclic) bond motifs is 1. The van der Waals surface area contributed by atoms with Crippen LogP contribution in [0.1, 0.15) is 6.42 Å². The molecule has 2 amide bonds. The maximum Gasteiger partial charge on any atom is 0.231 e. The second-order valence-electron chi connectivity index (χ2n) is 6.23. The summed E-state index contributed by atoms with van der Waals surface area (Å²) in [4.78, 5) is 32.3. The van der Waals surface area contributed by atoms with Gasteiger partial charge in [-0.15, -0.1) is 11.8 Å². The van der Waals surface area contributed by atoms with Crippen molar-refractivity contribution in [1.29, 1.82) is 0 Å². The summed E-state index contributed by atoms with van der Waals surface area (Å²) in [7, 11) is 0. The van der Waals surface area contributed by atoms with E-state index in [1.54, 1.807) is 22.7 Å². The Hall–Kier alpha value is -2.09. The zero-order valence-electron chi connectivity index (χ0n) is 14.4. The van der Waals surface area contributed by atoms with Gasteiger partial charge < -0.3 is 10.2 Å². The summed E-state index contributed by atoms with van der Waals surface area (Å²) in [5.74, 6) is -0.618. The Morgan fingerprint density at radius 3 is 3.00 bits per heavy atom. The van der Waals surface area contributed by atoms with E-state index in [1.165, 1.54) is 11.3 Å². The van der Waals surface area contributed by atoms with E-state index in [0.717, 1.165) is 20.8 Å². The van der Waals surface area contributed by atoms with Crippen LogP contribution < -0.4 is 10.2 Å². The summed E-state index contributed by atoms with van der Waals surface area (Å²) >= 11 is 8.99. The van der Waals surface area contributed by atoms with E-state index in [9.17, 15) is 9.59 Å². The lowest BCUT2D eigenvalue weighted by Crippen LogP contribution is -2.28. The van der Waals surface area contributed by atoms with Gasteiger partial charge in [-0.05, 0) is 42.7 Å². The molecule has 1 aliphatic rings. The van der Waals surface area contributed by atoms with Gasteiger partial charge in [0.15, 0.2) is 5.13 Å². The number of hydrogen-bond acceptors (Lipinski definition) is 5.